The SMILES string of the molecule is C#CCO/N=C(\C)c1c(O)c2ccc(OC3O[C@@](C)(CC=C)[C@H](C)[C@@H](OC(=O)NOCC#C)[C@H]3O)c(C)c2oc1=O.C=CC[C@]1(C)OC(Oc2ccc3c(O)c(C(=C)C)c(=O)oc3c2C)[C@@H]2OC(=O)O[C@@H]2[C@H]1C. The molecular weight excluding hydrogens is 953 g/mol. The molecule has 2 unspecified atom stereocenters. The van der Waals surface area contributed by atoms with E-state index in [2.05, 4.69) is 42.2 Å². The molecule has 3 aliphatic heterocycles. The highest BCUT2D eigenvalue weighted by Gasteiger charge is 2.58. The fourth-order valence-corrected chi connectivity index (χ4v) is 8.84. The molecule has 4 aromatic rings. The summed E-state index contributed by atoms with van der Waals surface area (Å²) in [6, 6.07) is 6.21. The van der Waals surface area contributed by atoms with Crippen molar-refractivity contribution < 1.29 is 76.6 Å². The average molecular weight is 1010 g/mol. The quantitative estimate of drug-likeness (QED) is 0.0172. The van der Waals surface area contributed by atoms with E-state index in [1.54, 1.807) is 58.9 Å². The Morgan fingerprint density at radius 1 is 0.808 bits per heavy atom. The van der Waals surface area contributed by atoms with Gasteiger partial charge < -0.3 is 62.1 Å². The Hall–Kier alpha value is -7.75. The van der Waals surface area contributed by atoms with E-state index in [4.69, 9.17) is 64.5 Å². The molecule has 0 bridgehead atoms. The van der Waals surface area contributed by atoms with Crippen LogP contribution < -0.4 is 26.2 Å². The van der Waals surface area contributed by atoms with Gasteiger partial charge in [-0.15, -0.1) is 26.0 Å². The summed E-state index contributed by atoms with van der Waals surface area (Å²) in [5.74, 6) is 3.73. The number of nitrogens with zero attached hydrogens (tertiary/aromatic N) is 1. The lowest BCUT2D eigenvalue weighted by molar-refractivity contribution is -0.289. The van der Waals surface area contributed by atoms with Crippen LogP contribution in [0, 0.1) is 50.4 Å². The molecule has 3 saturated heterocycles. The number of carbonyl (C=O) groups excluding carboxylic acids is 2. The zero-order chi connectivity index (χ0) is 53.7. The number of allylic oxidation sites excluding steroid dienone is 1. The van der Waals surface area contributed by atoms with Crippen LogP contribution in [0.3, 0.4) is 0 Å². The number of aliphatic hydroxyl groups is 1. The second-order valence-corrected chi connectivity index (χ2v) is 18.1. The number of hydroxylamine groups is 1. The minimum Gasteiger partial charge on any atom is -0.506 e. The third-order valence-electron chi connectivity index (χ3n) is 13.1. The second kappa shape index (κ2) is 22.3. The normalized spacial score (nSPS) is 26.3. The summed E-state index contributed by atoms with van der Waals surface area (Å²) in [5, 5.41) is 36.9. The molecule has 4 N–H and O–H groups in total. The van der Waals surface area contributed by atoms with Crippen molar-refractivity contribution in [3.63, 3.8) is 0 Å². The lowest BCUT2D eigenvalue weighted by Crippen LogP contribution is -2.62. The van der Waals surface area contributed by atoms with Gasteiger partial charge in [0.2, 0.25) is 18.7 Å². The number of aliphatic hydroxyl groups excluding tert-OH is 1. The Kier molecular flexibility index (Phi) is 16.7. The molecule has 7 rings (SSSR count). The molecule has 10 atom stereocenters. The van der Waals surface area contributed by atoms with Gasteiger partial charge in [-0.05, 0) is 84.2 Å². The lowest BCUT2D eigenvalue weighted by atomic mass is 9.79. The van der Waals surface area contributed by atoms with Crippen molar-refractivity contribution in [2.45, 2.75) is 116 Å². The molecule has 5 heterocycles. The molecule has 20 heteroatoms. The van der Waals surface area contributed by atoms with Gasteiger partial charge in [-0.1, -0.05) is 49.6 Å². The van der Waals surface area contributed by atoms with Gasteiger partial charge in [-0.25, -0.2) is 19.2 Å². The smallest absolute Gasteiger partial charge is 0.506 e. The van der Waals surface area contributed by atoms with Gasteiger partial charge in [0.25, 0.3) is 0 Å². The molecule has 0 spiro atoms. The number of ether oxygens (including phenoxy) is 7. The maximum atomic E-state index is 12.8. The summed E-state index contributed by atoms with van der Waals surface area (Å²) in [7, 11) is 0. The van der Waals surface area contributed by atoms with Crippen molar-refractivity contribution in [2.24, 2.45) is 17.0 Å². The largest absolute Gasteiger partial charge is 0.509 e. The molecule has 20 nitrogen and oxygen atoms in total. The first-order chi connectivity index (χ1) is 34.6. The predicted molar refractivity (Wildman–Crippen MR) is 265 cm³/mol. The summed E-state index contributed by atoms with van der Waals surface area (Å²) in [6.07, 6.45) is 6.60. The van der Waals surface area contributed by atoms with Crippen molar-refractivity contribution in [3.05, 3.63) is 99.2 Å². The summed E-state index contributed by atoms with van der Waals surface area (Å²) in [6.45, 7) is 24.7. The molecule has 2 aromatic carbocycles. The van der Waals surface area contributed by atoms with Crippen molar-refractivity contribution >= 4 is 45.5 Å². The highest BCUT2D eigenvalue weighted by atomic mass is 16.8. The summed E-state index contributed by atoms with van der Waals surface area (Å²) in [4.78, 5) is 59.0. The third kappa shape index (κ3) is 11.0. The van der Waals surface area contributed by atoms with Crippen LogP contribution in [0.15, 0.2) is 79.7 Å². The number of hydrogen-bond donors (Lipinski definition) is 4. The second-order valence-electron chi connectivity index (χ2n) is 18.1. The summed E-state index contributed by atoms with van der Waals surface area (Å²) >= 11 is 0. The highest BCUT2D eigenvalue weighted by Crippen LogP contribution is 2.45. The van der Waals surface area contributed by atoms with Gasteiger partial charge in [0.15, 0.2) is 18.8 Å². The van der Waals surface area contributed by atoms with E-state index in [0.29, 0.717) is 40.7 Å². The van der Waals surface area contributed by atoms with E-state index in [9.17, 15) is 34.5 Å². The number of aromatic hydroxyl groups is 2. The topological polar surface area (TPSA) is 263 Å². The Bertz CT molecular complexity index is 3050. The number of aryl methyl sites for hydroxylation is 2. The first-order valence-electron chi connectivity index (χ1n) is 22.9. The van der Waals surface area contributed by atoms with Gasteiger partial charge in [0.05, 0.1) is 27.7 Å². The highest BCUT2D eigenvalue weighted by molar-refractivity contribution is 6.04. The van der Waals surface area contributed by atoms with E-state index in [1.165, 1.54) is 19.1 Å². The van der Waals surface area contributed by atoms with Crippen molar-refractivity contribution in [1.29, 1.82) is 0 Å². The maximum Gasteiger partial charge on any atom is 0.509 e. The summed E-state index contributed by atoms with van der Waals surface area (Å²) < 4.78 is 51.8. The van der Waals surface area contributed by atoms with Gasteiger partial charge in [0.1, 0.15) is 58.0 Å². The Morgan fingerprint density at radius 3 is 1.86 bits per heavy atom. The molecular formula is C53H58N2O18. The van der Waals surface area contributed by atoms with Crippen molar-refractivity contribution in [2.75, 3.05) is 13.2 Å². The molecule has 0 saturated carbocycles. The van der Waals surface area contributed by atoms with Crippen molar-refractivity contribution in [1.82, 2.24) is 5.48 Å². The van der Waals surface area contributed by atoms with Crippen LogP contribution in [-0.4, -0.2) is 94.7 Å². The first-order valence-corrected chi connectivity index (χ1v) is 22.9. The van der Waals surface area contributed by atoms with Crippen LogP contribution in [0.5, 0.6) is 23.0 Å². The van der Waals surface area contributed by atoms with E-state index >= 15 is 0 Å². The lowest BCUT2D eigenvalue weighted by Gasteiger charge is -2.48. The molecule has 0 radical (unpaired) electrons. The zero-order valence-corrected chi connectivity index (χ0v) is 41.6. The molecule has 1 amide bonds. The number of amides is 1. The first kappa shape index (κ1) is 54.6. The van der Waals surface area contributed by atoms with Crippen LogP contribution in [0.1, 0.15) is 76.6 Å². The molecule has 388 valence electrons. The number of benzene rings is 2. The fraction of sp³-hybridized carbons (Fsp3) is 0.415. The average Bonchev–Trinajstić information content (AvgIpc) is 3.73. The van der Waals surface area contributed by atoms with Gasteiger partial charge in [-0.3, -0.25) is 4.84 Å². The number of oxime groups is 1. The molecule has 2 aromatic heterocycles. The van der Waals surface area contributed by atoms with Gasteiger partial charge in [0, 0.05) is 23.0 Å². The Balaban J connectivity index is 0.000000245. The van der Waals surface area contributed by atoms with Crippen LogP contribution in [0.2, 0.25) is 0 Å². The van der Waals surface area contributed by atoms with Gasteiger partial charge in [-0.2, -0.15) is 5.48 Å². The van der Waals surface area contributed by atoms with E-state index in [1.807, 2.05) is 13.8 Å². The maximum absolute atomic E-state index is 12.8. The number of rotatable bonds is 15. The van der Waals surface area contributed by atoms with E-state index in [0.717, 1.165) is 0 Å². The Morgan fingerprint density at radius 2 is 1.32 bits per heavy atom. The molecule has 3 fully saturated rings. The van der Waals surface area contributed by atoms with Gasteiger partial charge >= 0.3 is 23.5 Å². The van der Waals surface area contributed by atoms with E-state index in [-0.39, 0.29) is 69.8 Å². The minimum absolute atomic E-state index is 0.0354. The number of carbonyl (C=O) groups is 2. The number of fused-ring (bicyclic) bond motifs is 3. The molecule has 0 aliphatic carbocycles. The van der Waals surface area contributed by atoms with E-state index < -0.39 is 77.6 Å². The zero-order valence-electron chi connectivity index (χ0n) is 41.6. The van der Waals surface area contributed by atoms with Crippen molar-refractivity contribution in [3.8, 4) is 47.7 Å². The fourth-order valence-electron chi connectivity index (χ4n) is 8.84. The Labute approximate surface area is 420 Å². The molecule has 3 aliphatic rings. The number of terminal acetylenes is 2. The number of hydrogen-bond acceptors (Lipinski definition) is 19. The van der Waals surface area contributed by atoms with Crippen LogP contribution in [-0.2, 0) is 33.4 Å². The minimum atomic E-state index is -1.44. The summed E-state index contributed by atoms with van der Waals surface area (Å²) in [5.41, 5.74) is 0.190. The third-order valence-corrected chi connectivity index (χ3v) is 13.1. The standard InChI is InChI=1S/C29H32N2O10.C24H26O8/c1-8-13-29(7)17(5)25(40-28(35)31-37-15-10-3)23(33)27(41-29)38-20-12-11-19-22(32)21(18(6)30-36-14-9-2)26(34)39-24(19)16(20)4;1-7-10-24(6)13(5)19-20(31-23(27)30-19)22(32-24)28-15-9-8-14-17(25)16(11(2)3)21(26)29-18(14)12(15)4/h2-3,8,11-12,17,23,25,27,32-33H,1,13-15H2,4-7H3,(H,31,35);7-9,13,19-20,22,25H,1-2,10H2,3-6H3/b30-18+;/t17-,23-,25-,27?,29+;13-,19-,20-,22?,24+/m11/s1. The van der Waals surface area contributed by atoms with Crippen LogP contribution in [0.25, 0.3) is 27.5 Å². The monoisotopic (exact) mass is 1010 g/mol. The van der Waals surface area contributed by atoms with Crippen LogP contribution in [0.4, 0.5) is 9.59 Å². The number of nitrogens with one attached hydrogen (secondary N) is 1. The molecule has 73 heavy (non-hydrogen) atoms. The predicted octanol–water partition coefficient (Wildman–Crippen LogP) is 7.36. The van der Waals surface area contributed by atoms with Crippen LogP contribution >= 0.6 is 0 Å².